The van der Waals surface area contributed by atoms with Crippen LogP contribution in [0, 0.1) is 24.4 Å². The fourth-order valence-corrected chi connectivity index (χ4v) is 5.67. The molecule has 2 aromatic heterocycles. The maximum atomic E-state index is 14.3. The van der Waals surface area contributed by atoms with Crippen molar-refractivity contribution in [2.24, 2.45) is 0 Å². The molecule has 0 spiro atoms. The Morgan fingerprint density at radius 2 is 1.69 bits per heavy atom. The van der Waals surface area contributed by atoms with Crippen LogP contribution >= 0.6 is 0 Å². The molecule has 0 radical (unpaired) electrons. The number of halogens is 6. The lowest BCUT2D eigenvalue weighted by Gasteiger charge is -2.44. The van der Waals surface area contributed by atoms with E-state index in [1.165, 1.54) is 11.8 Å². The van der Waals surface area contributed by atoms with Gasteiger partial charge in [0.2, 0.25) is 0 Å². The molecule has 0 unspecified atom stereocenters. The summed E-state index contributed by atoms with van der Waals surface area (Å²) in [6.07, 6.45) is -3.75. The molecule has 1 fully saturated rings. The number of aromatic nitrogens is 3. The van der Waals surface area contributed by atoms with Gasteiger partial charge in [0.05, 0.1) is 18.5 Å². The second-order valence-electron chi connectivity index (χ2n) is 10.5. The molecule has 0 saturated carbocycles. The minimum absolute atomic E-state index is 0.0177. The van der Waals surface area contributed by atoms with E-state index in [9.17, 15) is 36.2 Å². The topological polar surface area (TPSA) is 74.0 Å². The molecule has 13 heteroatoms. The smallest absolute Gasteiger partial charge is 0.392 e. The average molecular weight is 592 g/mol. The Morgan fingerprint density at radius 3 is 2.29 bits per heavy atom. The number of alkyl halides is 3. The summed E-state index contributed by atoms with van der Waals surface area (Å²) < 4.78 is 85.2. The quantitative estimate of drug-likeness (QED) is 0.250. The fourth-order valence-electron chi connectivity index (χ4n) is 5.67. The van der Waals surface area contributed by atoms with E-state index in [4.69, 9.17) is 0 Å². The van der Waals surface area contributed by atoms with Gasteiger partial charge in [-0.3, -0.25) is 9.69 Å². The van der Waals surface area contributed by atoms with Gasteiger partial charge in [0.1, 0.15) is 11.4 Å². The number of nitrogens with zero attached hydrogens (tertiary/aromatic N) is 5. The van der Waals surface area contributed by atoms with Crippen LogP contribution in [0.2, 0.25) is 0 Å². The minimum Gasteiger partial charge on any atom is -0.392 e. The summed E-state index contributed by atoms with van der Waals surface area (Å²) in [4.78, 5) is 21.5. The van der Waals surface area contributed by atoms with Crippen LogP contribution in [-0.4, -0.2) is 60.6 Å². The predicted octanol–water partition coefficient (Wildman–Crippen LogP) is 5.37. The van der Waals surface area contributed by atoms with E-state index in [-0.39, 0.29) is 54.3 Å². The van der Waals surface area contributed by atoms with Crippen molar-refractivity contribution < 1.29 is 36.2 Å². The van der Waals surface area contributed by atoms with Crippen LogP contribution in [0.3, 0.4) is 0 Å². The van der Waals surface area contributed by atoms with Gasteiger partial charge >= 0.3 is 6.18 Å². The van der Waals surface area contributed by atoms with Crippen LogP contribution in [-0.2, 0) is 19.3 Å². The highest BCUT2D eigenvalue weighted by Gasteiger charge is 2.40. The molecule has 1 amide bonds. The highest BCUT2D eigenvalue weighted by Crippen LogP contribution is 2.37. The van der Waals surface area contributed by atoms with Crippen molar-refractivity contribution in [3.63, 3.8) is 0 Å². The van der Waals surface area contributed by atoms with Crippen LogP contribution in [0.15, 0.2) is 42.6 Å². The third-order valence-electron chi connectivity index (χ3n) is 7.48. The Hall–Kier alpha value is -3.97. The number of piperazine rings is 1. The van der Waals surface area contributed by atoms with Crippen molar-refractivity contribution in [1.82, 2.24) is 24.4 Å². The van der Waals surface area contributed by atoms with Crippen molar-refractivity contribution in [1.29, 1.82) is 0 Å². The number of amides is 1. The molecule has 1 saturated heterocycles. The van der Waals surface area contributed by atoms with Crippen LogP contribution < -0.4 is 0 Å². The van der Waals surface area contributed by atoms with Gasteiger partial charge in [0, 0.05) is 54.5 Å². The molecule has 1 aliphatic heterocycles. The van der Waals surface area contributed by atoms with Crippen molar-refractivity contribution in [3.05, 3.63) is 88.0 Å². The Bertz CT molecular complexity index is 1640. The second-order valence-corrected chi connectivity index (χ2v) is 10.5. The molecule has 5 rings (SSSR count). The standard InChI is InChI=1S/C29H27F6N5O2/c1-15-11-38(13-20-8-21(30)9-23(31)24(20)32)12-16(2)39(15)28(42)22-10-36-40-26(29(33,34)35)17(3)25(37-27(22)40)19-6-4-18(14-41)5-7-19/h4-10,15-16,41H,11-14H2,1-3H3/t15-,16+. The molecule has 0 bridgehead atoms. The average Bonchev–Trinajstić information content (AvgIpc) is 3.33. The number of hydrogen-bond acceptors (Lipinski definition) is 5. The number of aliphatic hydroxyl groups is 1. The lowest BCUT2D eigenvalue weighted by atomic mass is 10.0. The van der Waals surface area contributed by atoms with E-state index >= 15 is 0 Å². The number of hydrogen-bond donors (Lipinski definition) is 1. The molecule has 2 aromatic carbocycles. The SMILES string of the molecule is Cc1c(-c2ccc(CO)cc2)nc2c(C(=O)N3[C@H](C)CN(Cc4cc(F)cc(F)c4F)C[C@@H]3C)cnn2c1C(F)(F)F. The Kier molecular flexibility index (Phi) is 7.75. The van der Waals surface area contributed by atoms with Crippen molar-refractivity contribution in [3.8, 4) is 11.3 Å². The van der Waals surface area contributed by atoms with E-state index in [1.807, 2.05) is 0 Å². The summed E-state index contributed by atoms with van der Waals surface area (Å²) in [5.41, 5.74) is -0.835. The lowest BCUT2D eigenvalue weighted by Crippen LogP contribution is -2.58. The van der Waals surface area contributed by atoms with Crippen molar-refractivity contribution in [2.45, 2.75) is 52.2 Å². The van der Waals surface area contributed by atoms with E-state index < -0.39 is 47.3 Å². The molecule has 2 atom stereocenters. The zero-order valence-corrected chi connectivity index (χ0v) is 22.9. The number of carbonyl (C=O) groups excluding carboxylic acids is 1. The van der Waals surface area contributed by atoms with E-state index in [2.05, 4.69) is 10.1 Å². The summed E-state index contributed by atoms with van der Waals surface area (Å²) in [5, 5.41) is 13.2. The normalized spacial score (nSPS) is 18.2. The third-order valence-corrected chi connectivity index (χ3v) is 7.48. The molecule has 1 aliphatic rings. The van der Waals surface area contributed by atoms with Crippen LogP contribution in [0.4, 0.5) is 26.3 Å². The molecule has 1 N–H and O–H groups in total. The first-order chi connectivity index (χ1) is 19.8. The molecule has 7 nitrogen and oxygen atoms in total. The van der Waals surface area contributed by atoms with E-state index in [0.29, 0.717) is 21.7 Å². The fraction of sp³-hybridized carbons (Fsp3) is 0.345. The number of carbonyl (C=O) groups is 1. The highest BCUT2D eigenvalue weighted by atomic mass is 19.4. The summed E-state index contributed by atoms with van der Waals surface area (Å²) in [6.45, 7) is 4.83. The molecule has 0 aliphatic carbocycles. The number of benzene rings is 2. The highest BCUT2D eigenvalue weighted by molar-refractivity contribution is 6.00. The largest absolute Gasteiger partial charge is 0.433 e. The van der Waals surface area contributed by atoms with Gasteiger partial charge in [0.15, 0.2) is 23.0 Å². The van der Waals surface area contributed by atoms with E-state index in [0.717, 1.165) is 12.3 Å². The zero-order valence-electron chi connectivity index (χ0n) is 22.9. The first-order valence-corrected chi connectivity index (χ1v) is 13.1. The maximum absolute atomic E-state index is 14.3. The summed E-state index contributed by atoms with van der Waals surface area (Å²) in [5.74, 6) is -3.93. The lowest BCUT2D eigenvalue weighted by molar-refractivity contribution is -0.143. The predicted molar refractivity (Wildman–Crippen MR) is 141 cm³/mol. The Morgan fingerprint density at radius 1 is 1.05 bits per heavy atom. The van der Waals surface area contributed by atoms with Gasteiger partial charge in [-0.25, -0.2) is 22.7 Å². The monoisotopic (exact) mass is 591 g/mol. The molecular weight excluding hydrogens is 564 g/mol. The van der Waals surface area contributed by atoms with Crippen molar-refractivity contribution in [2.75, 3.05) is 13.1 Å². The van der Waals surface area contributed by atoms with Gasteiger partial charge in [-0.1, -0.05) is 24.3 Å². The van der Waals surface area contributed by atoms with Gasteiger partial charge in [0.25, 0.3) is 5.91 Å². The van der Waals surface area contributed by atoms with Crippen LogP contribution in [0.1, 0.15) is 46.6 Å². The van der Waals surface area contributed by atoms with Gasteiger partial charge < -0.3 is 10.0 Å². The van der Waals surface area contributed by atoms with Gasteiger partial charge in [-0.05, 0) is 32.4 Å². The van der Waals surface area contributed by atoms with Crippen LogP contribution in [0.25, 0.3) is 16.9 Å². The Balaban J connectivity index is 1.50. The number of fused-ring (bicyclic) bond motifs is 1. The third kappa shape index (κ3) is 5.34. The van der Waals surface area contributed by atoms with Gasteiger partial charge in [-0.2, -0.15) is 18.3 Å². The minimum atomic E-state index is -4.81. The first-order valence-electron chi connectivity index (χ1n) is 13.1. The number of rotatable bonds is 5. The van der Waals surface area contributed by atoms with Gasteiger partial charge in [-0.15, -0.1) is 0 Å². The maximum Gasteiger partial charge on any atom is 0.433 e. The van der Waals surface area contributed by atoms with Crippen molar-refractivity contribution >= 4 is 11.6 Å². The second kappa shape index (κ2) is 11.0. The molecule has 222 valence electrons. The Labute approximate surface area is 237 Å². The summed E-state index contributed by atoms with van der Waals surface area (Å²) in [6, 6.07) is 6.65. The summed E-state index contributed by atoms with van der Waals surface area (Å²) in [7, 11) is 0. The zero-order chi connectivity index (χ0) is 30.5. The molecule has 42 heavy (non-hydrogen) atoms. The van der Waals surface area contributed by atoms with Crippen LogP contribution in [0.5, 0.6) is 0 Å². The van der Waals surface area contributed by atoms with E-state index in [1.54, 1.807) is 43.0 Å². The molecular formula is C29H27F6N5O2. The first kappa shape index (κ1) is 29.5. The number of aliphatic hydroxyl groups excluding tert-OH is 1. The summed E-state index contributed by atoms with van der Waals surface area (Å²) >= 11 is 0. The molecule has 4 aromatic rings. The molecule has 3 heterocycles.